The molecule has 0 saturated carbocycles. The highest BCUT2D eigenvalue weighted by molar-refractivity contribution is 5.77. The Hall–Kier alpha value is -2.28. The predicted octanol–water partition coefficient (Wildman–Crippen LogP) is 1.53. The molecule has 0 aromatic carbocycles. The lowest BCUT2D eigenvalue weighted by Crippen LogP contribution is -2.31. The van der Waals surface area contributed by atoms with Crippen LogP contribution in [0, 0.1) is 19.8 Å². The zero-order valence-corrected chi connectivity index (χ0v) is 15.3. The van der Waals surface area contributed by atoms with E-state index in [1.54, 1.807) is 19.5 Å². The standard InChI is InChI=1S/C18H25N5O2/c1-12-17(13(2)22(3)21-12)18-15(19-6-7-20-18)9-14-5-8-23(10-14)16(24)11-25-4/h6-7,14H,5,8-11H2,1-4H3/t14-/m0/s1. The van der Waals surface area contributed by atoms with Gasteiger partial charge in [0.05, 0.1) is 17.1 Å². The van der Waals surface area contributed by atoms with E-state index in [1.807, 2.05) is 23.6 Å². The highest BCUT2D eigenvalue weighted by Crippen LogP contribution is 2.29. The maximum absolute atomic E-state index is 12.0. The number of amides is 1. The minimum absolute atomic E-state index is 0.0586. The molecule has 3 heterocycles. The fourth-order valence-electron chi connectivity index (χ4n) is 3.56. The minimum atomic E-state index is 0.0586. The predicted molar refractivity (Wildman–Crippen MR) is 94.0 cm³/mol. The van der Waals surface area contributed by atoms with Gasteiger partial charge in [-0.05, 0) is 32.6 Å². The molecule has 1 atom stereocenters. The molecule has 7 heteroatoms. The van der Waals surface area contributed by atoms with E-state index in [2.05, 4.69) is 22.0 Å². The summed E-state index contributed by atoms with van der Waals surface area (Å²) in [6, 6.07) is 0. The number of ether oxygens (including phenoxy) is 1. The minimum Gasteiger partial charge on any atom is -0.375 e. The molecule has 0 spiro atoms. The van der Waals surface area contributed by atoms with Gasteiger partial charge in [0.25, 0.3) is 0 Å². The molecule has 1 aliphatic rings. The van der Waals surface area contributed by atoms with Gasteiger partial charge in [-0.2, -0.15) is 5.10 Å². The van der Waals surface area contributed by atoms with Gasteiger partial charge in [0.1, 0.15) is 6.61 Å². The molecule has 0 unspecified atom stereocenters. The van der Waals surface area contributed by atoms with Gasteiger partial charge >= 0.3 is 0 Å². The summed E-state index contributed by atoms with van der Waals surface area (Å²) in [6.07, 6.45) is 5.26. The quantitative estimate of drug-likeness (QED) is 0.823. The van der Waals surface area contributed by atoms with Crippen molar-refractivity contribution in [3.63, 3.8) is 0 Å². The van der Waals surface area contributed by atoms with Gasteiger partial charge in [-0.25, -0.2) is 0 Å². The molecule has 1 saturated heterocycles. The number of likely N-dealkylation sites (tertiary alicyclic amines) is 1. The smallest absolute Gasteiger partial charge is 0.248 e. The molecule has 2 aromatic heterocycles. The van der Waals surface area contributed by atoms with Gasteiger partial charge in [-0.1, -0.05) is 0 Å². The number of aryl methyl sites for hydroxylation is 2. The van der Waals surface area contributed by atoms with Crippen LogP contribution in [-0.4, -0.2) is 57.4 Å². The van der Waals surface area contributed by atoms with Gasteiger partial charge in [0.2, 0.25) is 5.91 Å². The topological polar surface area (TPSA) is 73.1 Å². The van der Waals surface area contributed by atoms with Crippen LogP contribution in [0.3, 0.4) is 0 Å². The highest BCUT2D eigenvalue weighted by atomic mass is 16.5. The lowest BCUT2D eigenvalue weighted by atomic mass is 9.98. The molecule has 1 fully saturated rings. The third-order valence-electron chi connectivity index (χ3n) is 4.91. The first-order valence-corrected chi connectivity index (χ1v) is 8.58. The average molecular weight is 343 g/mol. The van der Waals surface area contributed by atoms with Gasteiger partial charge in [0, 0.05) is 50.9 Å². The van der Waals surface area contributed by atoms with E-state index in [4.69, 9.17) is 4.74 Å². The second kappa shape index (κ2) is 7.31. The van der Waals surface area contributed by atoms with Crippen LogP contribution < -0.4 is 0 Å². The molecule has 2 aromatic rings. The number of aromatic nitrogens is 4. The normalized spacial score (nSPS) is 17.3. The Morgan fingerprint density at radius 1 is 1.32 bits per heavy atom. The maximum atomic E-state index is 12.0. The number of methoxy groups -OCH3 is 1. The Morgan fingerprint density at radius 2 is 2.08 bits per heavy atom. The van der Waals surface area contributed by atoms with Gasteiger partial charge in [-0.15, -0.1) is 0 Å². The zero-order chi connectivity index (χ0) is 18.0. The number of carbonyl (C=O) groups excluding carboxylic acids is 1. The number of rotatable bonds is 5. The van der Waals surface area contributed by atoms with E-state index in [9.17, 15) is 4.79 Å². The lowest BCUT2D eigenvalue weighted by Gasteiger charge is -2.16. The number of nitrogens with zero attached hydrogens (tertiary/aromatic N) is 5. The summed E-state index contributed by atoms with van der Waals surface area (Å²) < 4.78 is 6.83. The van der Waals surface area contributed by atoms with Crippen molar-refractivity contribution in [1.82, 2.24) is 24.6 Å². The summed E-state index contributed by atoms with van der Waals surface area (Å²) >= 11 is 0. The first kappa shape index (κ1) is 17.5. The molecular weight excluding hydrogens is 318 g/mol. The van der Waals surface area contributed by atoms with E-state index >= 15 is 0 Å². The van der Waals surface area contributed by atoms with Crippen LogP contribution in [0.15, 0.2) is 12.4 Å². The Bertz CT molecular complexity index is 771. The van der Waals surface area contributed by atoms with Gasteiger partial charge in [0.15, 0.2) is 0 Å². The average Bonchev–Trinajstić information content (AvgIpc) is 3.14. The first-order valence-electron chi connectivity index (χ1n) is 8.58. The fraction of sp³-hybridized carbons (Fsp3) is 0.556. The number of hydrogen-bond donors (Lipinski definition) is 0. The van der Waals surface area contributed by atoms with Crippen molar-refractivity contribution in [2.24, 2.45) is 13.0 Å². The van der Waals surface area contributed by atoms with E-state index in [0.29, 0.717) is 5.92 Å². The largest absolute Gasteiger partial charge is 0.375 e. The number of carbonyl (C=O) groups is 1. The SMILES string of the molecule is COCC(=O)N1CC[C@@H](Cc2nccnc2-c2c(C)nn(C)c2C)C1. The van der Waals surface area contributed by atoms with Crippen molar-refractivity contribution < 1.29 is 9.53 Å². The van der Waals surface area contributed by atoms with Crippen LogP contribution >= 0.6 is 0 Å². The first-order chi connectivity index (χ1) is 12.0. The summed E-state index contributed by atoms with van der Waals surface area (Å²) in [5.41, 5.74) is 5.00. The van der Waals surface area contributed by atoms with Crippen LogP contribution in [0.2, 0.25) is 0 Å². The van der Waals surface area contributed by atoms with E-state index in [-0.39, 0.29) is 12.5 Å². The lowest BCUT2D eigenvalue weighted by molar-refractivity contribution is -0.134. The molecule has 25 heavy (non-hydrogen) atoms. The molecule has 3 rings (SSSR count). The molecule has 0 N–H and O–H groups in total. The van der Waals surface area contributed by atoms with Crippen LogP contribution in [0.1, 0.15) is 23.5 Å². The Morgan fingerprint density at radius 3 is 2.76 bits per heavy atom. The van der Waals surface area contributed by atoms with Crippen molar-refractivity contribution in [2.45, 2.75) is 26.7 Å². The molecule has 1 amide bonds. The number of hydrogen-bond acceptors (Lipinski definition) is 5. The Labute approximate surface area is 148 Å². The maximum Gasteiger partial charge on any atom is 0.248 e. The summed E-state index contributed by atoms with van der Waals surface area (Å²) in [7, 11) is 3.49. The molecule has 0 bridgehead atoms. The molecule has 1 aliphatic heterocycles. The van der Waals surface area contributed by atoms with Crippen LogP contribution in [0.5, 0.6) is 0 Å². The molecule has 7 nitrogen and oxygen atoms in total. The highest BCUT2D eigenvalue weighted by Gasteiger charge is 2.28. The van der Waals surface area contributed by atoms with Crippen molar-refractivity contribution in [2.75, 3.05) is 26.8 Å². The van der Waals surface area contributed by atoms with Crippen LogP contribution in [0.4, 0.5) is 0 Å². The zero-order valence-electron chi connectivity index (χ0n) is 15.3. The van der Waals surface area contributed by atoms with Crippen LogP contribution in [-0.2, 0) is 23.0 Å². The fourth-order valence-corrected chi connectivity index (χ4v) is 3.56. The third kappa shape index (κ3) is 3.56. The van der Waals surface area contributed by atoms with Crippen molar-refractivity contribution in [3.8, 4) is 11.3 Å². The second-order valence-corrected chi connectivity index (χ2v) is 6.65. The summed E-state index contributed by atoms with van der Waals surface area (Å²) in [6.45, 7) is 5.74. The van der Waals surface area contributed by atoms with Gasteiger partial charge in [-0.3, -0.25) is 19.4 Å². The Balaban J connectivity index is 1.80. The molecule has 0 aliphatic carbocycles. The molecule has 0 radical (unpaired) electrons. The van der Waals surface area contributed by atoms with E-state index in [0.717, 1.165) is 54.3 Å². The van der Waals surface area contributed by atoms with Crippen molar-refractivity contribution >= 4 is 5.91 Å². The summed E-state index contributed by atoms with van der Waals surface area (Å²) in [4.78, 5) is 23.0. The molecule has 134 valence electrons. The van der Waals surface area contributed by atoms with Crippen molar-refractivity contribution in [1.29, 1.82) is 0 Å². The summed E-state index contributed by atoms with van der Waals surface area (Å²) in [5, 5.41) is 4.50. The Kier molecular flexibility index (Phi) is 5.13. The van der Waals surface area contributed by atoms with E-state index < -0.39 is 0 Å². The molecular formula is C18H25N5O2. The van der Waals surface area contributed by atoms with E-state index in [1.165, 1.54) is 0 Å². The second-order valence-electron chi connectivity index (χ2n) is 6.65. The van der Waals surface area contributed by atoms with Crippen molar-refractivity contribution in [3.05, 3.63) is 29.5 Å². The third-order valence-corrected chi connectivity index (χ3v) is 4.91. The monoisotopic (exact) mass is 343 g/mol. The van der Waals surface area contributed by atoms with Crippen LogP contribution in [0.25, 0.3) is 11.3 Å². The van der Waals surface area contributed by atoms with Gasteiger partial charge < -0.3 is 9.64 Å². The summed E-state index contributed by atoms with van der Waals surface area (Å²) in [5.74, 6) is 0.455.